The van der Waals surface area contributed by atoms with Crippen molar-refractivity contribution in [3.63, 3.8) is 0 Å². The van der Waals surface area contributed by atoms with Gasteiger partial charge in [-0.3, -0.25) is 25.0 Å². The van der Waals surface area contributed by atoms with Crippen molar-refractivity contribution in [2.45, 2.75) is 13.1 Å². The Hall–Kier alpha value is -3.96. The van der Waals surface area contributed by atoms with E-state index >= 15 is 0 Å². The van der Waals surface area contributed by atoms with Crippen LogP contribution in [0.2, 0.25) is 10.0 Å². The van der Waals surface area contributed by atoms with Gasteiger partial charge in [0.25, 0.3) is 5.75 Å². The summed E-state index contributed by atoms with van der Waals surface area (Å²) in [6, 6.07) is 9.23. The van der Waals surface area contributed by atoms with Gasteiger partial charge >= 0.3 is 17.6 Å². The molecule has 13 heteroatoms. The number of nitrogens with zero attached hydrogens (tertiary/aromatic N) is 2. The summed E-state index contributed by atoms with van der Waals surface area (Å²) in [5, 5.41) is 22.8. The molecule has 0 aliphatic rings. The number of halogens is 5. The first kappa shape index (κ1) is 26.6. The molecular formula is C23H13Cl2F3N2O6. The molecule has 0 unspecified atom stereocenters. The standard InChI is InChI=1S/C23H13Cl2F3N2O6/c1-12-2-4-13(5-3-12)20(31)7-6-14-8-16(24)11-17(25)21(14)36-22-18(29(32)33)9-15(23(26,27)28)10-19(22)30(34)35/h2-11H,1H3/b7-6+. The Morgan fingerprint density at radius 2 is 1.50 bits per heavy atom. The highest BCUT2D eigenvalue weighted by atomic mass is 35.5. The second kappa shape index (κ2) is 10.3. The van der Waals surface area contributed by atoms with Gasteiger partial charge in [-0.15, -0.1) is 0 Å². The molecule has 0 N–H and O–H groups in total. The molecule has 8 nitrogen and oxygen atoms in total. The molecule has 36 heavy (non-hydrogen) atoms. The number of hydrogen-bond acceptors (Lipinski definition) is 6. The molecule has 0 heterocycles. The Balaban J connectivity index is 2.14. The van der Waals surface area contributed by atoms with Gasteiger partial charge in [0.05, 0.1) is 20.4 Å². The first-order valence-electron chi connectivity index (χ1n) is 9.78. The maximum atomic E-state index is 13.2. The lowest BCUT2D eigenvalue weighted by atomic mass is 10.1. The van der Waals surface area contributed by atoms with E-state index in [1.807, 2.05) is 6.92 Å². The lowest BCUT2D eigenvalue weighted by Gasteiger charge is -2.13. The van der Waals surface area contributed by atoms with Crippen molar-refractivity contribution < 1.29 is 32.5 Å². The molecule has 0 spiro atoms. The van der Waals surface area contributed by atoms with Crippen molar-refractivity contribution in [1.29, 1.82) is 0 Å². The van der Waals surface area contributed by atoms with Crippen LogP contribution < -0.4 is 4.74 Å². The Labute approximate surface area is 210 Å². The van der Waals surface area contributed by atoms with Crippen LogP contribution in [0.25, 0.3) is 6.08 Å². The Bertz CT molecular complexity index is 1370. The number of ether oxygens (including phenoxy) is 1. The predicted molar refractivity (Wildman–Crippen MR) is 126 cm³/mol. The fraction of sp³-hybridized carbons (Fsp3) is 0.0870. The molecule has 0 saturated heterocycles. The molecule has 0 bridgehead atoms. The summed E-state index contributed by atoms with van der Waals surface area (Å²) in [6.07, 6.45) is -2.78. The minimum Gasteiger partial charge on any atom is -0.442 e. The molecule has 0 aliphatic heterocycles. The normalized spacial score (nSPS) is 11.5. The van der Waals surface area contributed by atoms with Crippen LogP contribution in [0, 0.1) is 27.2 Å². The number of allylic oxidation sites excluding steroid dienone is 1. The molecular weight excluding hydrogens is 528 g/mol. The van der Waals surface area contributed by atoms with E-state index in [1.165, 1.54) is 12.1 Å². The molecule has 0 fully saturated rings. The summed E-state index contributed by atoms with van der Waals surface area (Å²) in [7, 11) is 0. The van der Waals surface area contributed by atoms with Crippen LogP contribution in [0.1, 0.15) is 27.0 Å². The van der Waals surface area contributed by atoms with Crippen LogP contribution in [0.3, 0.4) is 0 Å². The number of aryl methyl sites for hydroxylation is 1. The third-order valence-electron chi connectivity index (χ3n) is 4.76. The molecule has 0 amide bonds. The Kier molecular flexibility index (Phi) is 7.65. The highest BCUT2D eigenvalue weighted by Gasteiger charge is 2.39. The average Bonchev–Trinajstić information content (AvgIpc) is 2.78. The molecule has 0 atom stereocenters. The van der Waals surface area contributed by atoms with E-state index in [2.05, 4.69) is 0 Å². The highest BCUT2D eigenvalue weighted by Crippen LogP contribution is 2.47. The largest absolute Gasteiger partial charge is 0.442 e. The smallest absolute Gasteiger partial charge is 0.416 e. The van der Waals surface area contributed by atoms with Gasteiger partial charge in [-0.05, 0) is 31.2 Å². The lowest BCUT2D eigenvalue weighted by molar-refractivity contribution is -0.396. The molecule has 0 aromatic heterocycles. The second-order valence-electron chi connectivity index (χ2n) is 7.33. The maximum Gasteiger partial charge on any atom is 0.416 e. The molecule has 0 radical (unpaired) electrons. The van der Waals surface area contributed by atoms with Crippen molar-refractivity contribution in [2.24, 2.45) is 0 Å². The fourth-order valence-corrected chi connectivity index (χ4v) is 3.58. The average molecular weight is 541 g/mol. The fourth-order valence-electron chi connectivity index (χ4n) is 3.03. The van der Waals surface area contributed by atoms with Crippen LogP contribution >= 0.6 is 23.2 Å². The molecule has 0 saturated carbocycles. The van der Waals surface area contributed by atoms with E-state index < -0.39 is 50.2 Å². The van der Waals surface area contributed by atoms with Crippen LogP contribution in [0.5, 0.6) is 11.5 Å². The first-order valence-corrected chi connectivity index (χ1v) is 10.5. The predicted octanol–water partition coefficient (Wildman–Crippen LogP) is 7.83. The minimum absolute atomic E-state index is 0.0172. The molecule has 3 aromatic carbocycles. The highest BCUT2D eigenvalue weighted by molar-refractivity contribution is 6.36. The topological polar surface area (TPSA) is 113 Å². The number of carbonyl (C=O) groups is 1. The van der Waals surface area contributed by atoms with Gasteiger partial charge in [0.2, 0.25) is 0 Å². The number of alkyl halides is 3. The van der Waals surface area contributed by atoms with Gasteiger partial charge in [0, 0.05) is 28.3 Å². The summed E-state index contributed by atoms with van der Waals surface area (Å²) >= 11 is 12.2. The van der Waals surface area contributed by atoms with E-state index in [4.69, 9.17) is 27.9 Å². The monoisotopic (exact) mass is 540 g/mol. The number of hydrogen-bond donors (Lipinski definition) is 0. The Morgan fingerprint density at radius 3 is 2.00 bits per heavy atom. The number of nitro groups is 2. The number of ketones is 1. The summed E-state index contributed by atoms with van der Waals surface area (Å²) < 4.78 is 44.9. The van der Waals surface area contributed by atoms with E-state index in [1.54, 1.807) is 24.3 Å². The van der Waals surface area contributed by atoms with Crippen LogP contribution in [0.4, 0.5) is 24.5 Å². The number of carbonyl (C=O) groups excluding carboxylic acids is 1. The molecule has 3 aromatic rings. The number of nitro benzene ring substituents is 2. The minimum atomic E-state index is -5.10. The summed E-state index contributed by atoms with van der Waals surface area (Å²) in [5.41, 5.74) is -2.99. The van der Waals surface area contributed by atoms with E-state index in [-0.39, 0.29) is 27.7 Å². The lowest BCUT2D eigenvalue weighted by Crippen LogP contribution is -2.08. The second-order valence-corrected chi connectivity index (χ2v) is 8.17. The van der Waals surface area contributed by atoms with Crippen LogP contribution in [-0.2, 0) is 6.18 Å². The van der Waals surface area contributed by atoms with Crippen LogP contribution in [-0.4, -0.2) is 15.6 Å². The summed E-state index contributed by atoms with van der Waals surface area (Å²) in [6.45, 7) is 1.83. The molecule has 3 rings (SSSR count). The van der Waals surface area contributed by atoms with Crippen molar-refractivity contribution >= 4 is 46.4 Å². The van der Waals surface area contributed by atoms with Crippen molar-refractivity contribution in [2.75, 3.05) is 0 Å². The summed E-state index contributed by atoms with van der Waals surface area (Å²) in [5.74, 6) is -1.93. The third kappa shape index (κ3) is 5.99. The van der Waals surface area contributed by atoms with Crippen molar-refractivity contribution in [3.05, 3.63) is 107 Å². The van der Waals surface area contributed by atoms with Gasteiger partial charge in [0.15, 0.2) is 11.5 Å². The van der Waals surface area contributed by atoms with Gasteiger partial charge in [-0.25, -0.2) is 0 Å². The third-order valence-corrected chi connectivity index (χ3v) is 5.26. The van der Waals surface area contributed by atoms with Gasteiger partial charge in [-0.2, -0.15) is 13.2 Å². The number of rotatable bonds is 7. The van der Waals surface area contributed by atoms with E-state index in [0.29, 0.717) is 5.56 Å². The van der Waals surface area contributed by atoms with Gasteiger partial charge in [-0.1, -0.05) is 53.0 Å². The SMILES string of the molecule is Cc1ccc(C(=O)/C=C/c2cc(Cl)cc(Cl)c2Oc2c([N+](=O)[O-])cc(C(F)(F)F)cc2[N+](=O)[O-])cc1. The zero-order chi connectivity index (χ0) is 26.8. The molecule has 0 aliphatic carbocycles. The zero-order valence-electron chi connectivity index (χ0n) is 18.0. The zero-order valence-corrected chi connectivity index (χ0v) is 19.5. The van der Waals surface area contributed by atoms with E-state index in [9.17, 15) is 38.2 Å². The van der Waals surface area contributed by atoms with Crippen molar-refractivity contribution in [1.82, 2.24) is 0 Å². The first-order chi connectivity index (χ1) is 16.8. The van der Waals surface area contributed by atoms with Crippen molar-refractivity contribution in [3.8, 4) is 11.5 Å². The summed E-state index contributed by atoms with van der Waals surface area (Å²) in [4.78, 5) is 33.0. The van der Waals surface area contributed by atoms with Crippen LogP contribution in [0.15, 0.2) is 54.6 Å². The molecule has 186 valence electrons. The van der Waals surface area contributed by atoms with E-state index in [0.717, 1.165) is 17.7 Å². The quantitative estimate of drug-likeness (QED) is 0.130. The number of benzene rings is 3. The van der Waals surface area contributed by atoms with Gasteiger partial charge < -0.3 is 4.74 Å². The maximum absolute atomic E-state index is 13.2. The van der Waals surface area contributed by atoms with Gasteiger partial charge in [0.1, 0.15) is 0 Å². The Morgan fingerprint density at radius 1 is 0.944 bits per heavy atom.